The molecule has 4 heterocycles. The molecule has 90 heavy (non-hydrogen) atoms. The lowest BCUT2D eigenvalue weighted by atomic mass is 9.50. The van der Waals surface area contributed by atoms with Crippen molar-refractivity contribution in [2.75, 3.05) is 13.2 Å². The van der Waals surface area contributed by atoms with E-state index in [1.165, 1.54) is 0 Å². The zero-order valence-electron chi connectivity index (χ0n) is 52.0. The minimum atomic E-state index is -0.552. The molecule has 0 spiro atoms. The number of hydrogen-bond acceptors (Lipinski definition) is 5. The third-order valence-corrected chi connectivity index (χ3v) is 17.8. The van der Waals surface area contributed by atoms with Gasteiger partial charge in [0.2, 0.25) is 5.70 Å². The first-order valence-corrected chi connectivity index (χ1v) is 32.2. The quantitative estimate of drug-likeness (QED) is 0.0445. The van der Waals surface area contributed by atoms with Crippen molar-refractivity contribution in [3.05, 3.63) is 276 Å². The number of nitrogens with zero attached hydrogens (tertiary/aromatic N) is 6. The number of unbranched alkanes of at least 4 members (excludes halogenated alkanes) is 2. The Bertz CT molecular complexity index is 4290. The molecule has 10 heteroatoms. The second-order valence-electron chi connectivity index (χ2n) is 23.6. The number of rotatable bonds is 24. The van der Waals surface area contributed by atoms with Gasteiger partial charge < -0.3 is 18.4 Å². The molecule has 442 valence electrons. The number of aromatic nitrogens is 4. The van der Waals surface area contributed by atoms with Gasteiger partial charge in [-0.3, -0.25) is 4.98 Å². The molecule has 0 amide bonds. The summed E-state index contributed by atoms with van der Waals surface area (Å²) >= 11 is 0. The van der Waals surface area contributed by atoms with Crippen LogP contribution in [0.1, 0.15) is 90.4 Å². The summed E-state index contributed by atoms with van der Waals surface area (Å²) in [7, 11) is 0. The van der Waals surface area contributed by atoms with Crippen molar-refractivity contribution in [3.8, 4) is 40.1 Å². The SMILES string of the molecule is [C-]#[N+]/C(c1ccc2ccccc2n1)=c1\c2c(-c3cccc(OCC(CC)CCCC)c3)n(B(c3ccccc3)c3ccccc3)/c(=C(/C#N)c3ccc4ccccc4n3)c2c(-c2cccc(OCC(CC)CCCC)c2)n1B(c1ccccc1)c1ccccc1. The van der Waals surface area contributed by atoms with Crippen molar-refractivity contribution in [2.45, 2.75) is 79.1 Å². The largest absolute Gasteiger partial charge is 0.493 e. The van der Waals surface area contributed by atoms with Gasteiger partial charge in [0.15, 0.2) is 0 Å². The third kappa shape index (κ3) is 12.5. The van der Waals surface area contributed by atoms with Crippen molar-refractivity contribution in [1.29, 1.82) is 5.26 Å². The number of pyridine rings is 2. The van der Waals surface area contributed by atoms with Crippen molar-refractivity contribution >= 4 is 79.4 Å². The third-order valence-electron chi connectivity index (χ3n) is 17.8. The summed E-state index contributed by atoms with van der Waals surface area (Å²) in [6.07, 6.45) is 8.68. The lowest BCUT2D eigenvalue weighted by Crippen LogP contribution is -2.54. The van der Waals surface area contributed by atoms with Gasteiger partial charge >= 0.3 is 13.7 Å². The highest BCUT2D eigenvalue weighted by Crippen LogP contribution is 2.39. The van der Waals surface area contributed by atoms with Crippen LogP contribution >= 0.6 is 0 Å². The number of hydrogen-bond donors (Lipinski definition) is 0. The molecule has 8 aromatic carbocycles. The minimum absolute atomic E-state index is 0.348. The normalized spacial score (nSPS) is 12.7. The van der Waals surface area contributed by atoms with Gasteiger partial charge in [-0.25, -0.2) is 9.83 Å². The molecule has 0 aliphatic rings. The van der Waals surface area contributed by atoms with E-state index < -0.39 is 13.7 Å². The van der Waals surface area contributed by atoms with E-state index >= 15 is 0 Å². The fraction of sp³-hybridized carbons (Fsp3) is 0.200. The van der Waals surface area contributed by atoms with E-state index in [1.807, 2.05) is 48.5 Å². The molecule has 0 aliphatic carbocycles. The van der Waals surface area contributed by atoms with E-state index in [-0.39, 0.29) is 0 Å². The summed E-state index contributed by atoms with van der Waals surface area (Å²) in [5, 5.41) is 17.3. The molecule has 2 atom stereocenters. The molecule has 0 N–H and O–H groups in total. The van der Waals surface area contributed by atoms with Gasteiger partial charge in [0, 0.05) is 49.4 Å². The van der Waals surface area contributed by atoms with Crippen LogP contribution in [0.5, 0.6) is 11.5 Å². The van der Waals surface area contributed by atoms with Crippen molar-refractivity contribution in [3.63, 3.8) is 0 Å². The minimum Gasteiger partial charge on any atom is -0.493 e. The molecule has 0 saturated heterocycles. The molecule has 8 nitrogen and oxygen atoms in total. The molecule has 12 aromatic rings. The van der Waals surface area contributed by atoms with Gasteiger partial charge in [-0.1, -0.05) is 282 Å². The lowest BCUT2D eigenvalue weighted by molar-refractivity contribution is 0.233. The Balaban J connectivity index is 1.37. The first-order valence-electron chi connectivity index (χ1n) is 32.2. The topological polar surface area (TPSA) is 82.2 Å². The summed E-state index contributed by atoms with van der Waals surface area (Å²) < 4.78 is 18.7. The Labute approximate surface area is 530 Å². The maximum Gasteiger partial charge on any atom is 0.328 e. The summed E-state index contributed by atoms with van der Waals surface area (Å²) in [5.41, 5.74) is 10.6. The van der Waals surface area contributed by atoms with E-state index in [9.17, 15) is 11.8 Å². The van der Waals surface area contributed by atoms with Crippen LogP contribution in [-0.2, 0) is 0 Å². The lowest BCUT2D eigenvalue weighted by Gasteiger charge is -2.25. The molecule has 0 bridgehead atoms. The maximum atomic E-state index is 12.6. The predicted octanol–water partition coefficient (Wildman–Crippen LogP) is 15.2. The van der Waals surface area contributed by atoms with Gasteiger partial charge in [0.05, 0.1) is 47.6 Å². The number of para-hydroxylation sites is 2. The monoisotopic (exact) mass is 1170 g/mol. The molecule has 4 aromatic heterocycles. The van der Waals surface area contributed by atoms with Crippen LogP contribution in [0.2, 0.25) is 0 Å². The maximum absolute atomic E-state index is 12.6. The smallest absolute Gasteiger partial charge is 0.328 e. The number of benzene rings is 8. The van der Waals surface area contributed by atoms with E-state index in [2.05, 4.69) is 237 Å². The second-order valence-corrected chi connectivity index (χ2v) is 23.6. The van der Waals surface area contributed by atoms with Crippen LogP contribution < -0.4 is 42.0 Å². The zero-order valence-corrected chi connectivity index (χ0v) is 52.0. The van der Waals surface area contributed by atoms with Crippen LogP contribution in [0, 0.1) is 29.7 Å². The Hall–Kier alpha value is -10.2. The number of nitriles is 1. The summed E-state index contributed by atoms with van der Waals surface area (Å²) in [5.74, 6) is 2.22. The predicted molar refractivity (Wildman–Crippen MR) is 375 cm³/mol. The Morgan fingerprint density at radius 3 is 1.30 bits per heavy atom. The van der Waals surface area contributed by atoms with Crippen LogP contribution in [0.25, 0.3) is 71.2 Å². The Morgan fingerprint density at radius 1 is 0.478 bits per heavy atom. The first-order chi connectivity index (χ1) is 44.4. The number of ether oxygens (including phenoxy) is 2. The highest BCUT2D eigenvalue weighted by atomic mass is 16.5. The molecular formula is C80H74B2N6O2. The van der Waals surface area contributed by atoms with Crippen LogP contribution in [-0.4, -0.2) is 45.8 Å². The Kier molecular flexibility index (Phi) is 18.9. The van der Waals surface area contributed by atoms with Gasteiger partial charge in [-0.05, 0) is 73.2 Å². The van der Waals surface area contributed by atoms with E-state index in [1.54, 1.807) is 0 Å². The first kappa shape index (κ1) is 60.1. The second kappa shape index (κ2) is 28.3. The highest BCUT2D eigenvalue weighted by Gasteiger charge is 2.37. The average molecular weight is 1170 g/mol. The van der Waals surface area contributed by atoms with Crippen LogP contribution in [0.3, 0.4) is 0 Å². The highest BCUT2D eigenvalue weighted by molar-refractivity contribution is 6.85. The van der Waals surface area contributed by atoms with Gasteiger partial charge in [-0.15, -0.1) is 0 Å². The number of fused-ring (bicyclic) bond motifs is 3. The van der Waals surface area contributed by atoms with Gasteiger partial charge in [0.25, 0.3) is 0 Å². The Morgan fingerprint density at radius 2 is 0.878 bits per heavy atom. The molecule has 0 saturated carbocycles. The molecule has 0 aliphatic heterocycles. The van der Waals surface area contributed by atoms with E-state index in [0.29, 0.717) is 58.4 Å². The fourth-order valence-corrected chi connectivity index (χ4v) is 13.0. The fourth-order valence-electron chi connectivity index (χ4n) is 13.0. The average Bonchev–Trinajstić information content (AvgIpc) is 1.52. The molecule has 2 unspecified atom stereocenters. The van der Waals surface area contributed by atoms with Crippen molar-refractivity contribution in [2.24, 2.45) is 11.8 Å². The van der Waals surface area contributed by atoms with Gasteiger partial charge in [0.1, 0.15) is 23.1 Å². The van der Waals surface area contributed by atoms with Crippen molar-refractivity contribution < 1.29 is 9.47 Å². The van der Waals surface area contributed by atoms with Crippen molar-refractivity contribution in [1.82, 2.24) is 18.9 Å². The molecular weight excluding hydrogens is 1100 g/mol. The molecule has 0 radical (unpaired) electrons. The molecule has 0 fully saturated rings. The summed E-state index contributed by atoms with van der Waals surface area (Å²) in [6.45, 7) is 18.8. The van der Waals surface area contributed by atoms with Crippen LogP contribution in [0.4, 0.5) is 0 Å². The zero-order chi connectivity index (χ0) is 61.8. The molecule has 12 rings (SSSR count). The summed E-state index contributed by atoms with van der Waals surface area (Å²) in [4.78, 5) is 15.6. The standard InChI is InChI=1S/C80H74B2N6O2/c1-6-10-30-57(8-3)55-89-67-44-28-34-61(52-67)77-74-75(80(76(84-5)73-51-49-60-33-25-27-47-71(60)86-73)88(77)82(65-40-20-14-21-41-65)66-42-22-15-23-43-66)78(62-35-29-45-68(53-62)90-56-58(9-4)31-11-7-2)87(81(63-36-16-12-17-37-63)64-38-18-13-19-39-64)79(74)69(54-83)72-50-48-59-32-24-26-46-70(59)85-72/h12-29,32-53,57-58H,6-11,30-31,55-56H2,1-4H3/b79-69-,80-76+. The summed E-state index contributed by atoms with van der Waals surface area (Å²) in [6, 6.07) is 86.5. The van der Waals surface area contributed by atoms with Gasteiger partial charge in [-0.2, -0.15) is 5.26 Å². The van der Waals surface area contributed by atoms with E-state index in [4.69, 9.17) is 24.3 Å². The van der Waals surface area contributed by atoms with E-state index in [0.717, 1.165) is 140 Å². The van der Waals surface area contributed by atoms with Crippen LogP contribution in [0.15, 0.2) is 243 Å².